The normalized spacial score (nSPS) is 18.4. The van der Waals surface area contributed by atoms with Gasteiger partial charge in [0.15, 0.2) is 11.6 Å². The lowest BCUT2D eigenvalue weighted by Crippen LogP contribution is -2.54. The summed E-state index contributed by atoms with van der Waals surface area (Å²) in [6, 6.07) is 20.2. The van der Waals surface area contributed by atoms with E-state index in [4.69, 9.17) is 42.8 Å². The van der Waals surface area contributed by atoms with E-state index in [0.717, 1.165) is 10.0 Å². The fourth-order valence-electron chi connectivity index (χ4n) is 4.33. The zero-order valence-electron chi connectivity index (χ0n) is 22.3. The van der Waals surface area contributed by atoms with Crippen LogP contribution in [0.1, 0.15) is 43.1 Å². The van der Waals surface area contributed by atoms with Gasteiger partial charge < -0.3 is 14.6 Å². The van der Waals surface area contributed by atoms with Crippen LogP contribution in [0.5, 0.6) is 5.75 Å². The molecule has 0 aromatic heterocycles. The second-order valence-corrected chi connectivity index (χ2v) is 11.7. The largest absolute Gasteiger partial charge is 0.494 e. The maximum Gasteiger partial charge on any atom is 0.266 e. The molecule has 1 aliphatic rings. The molecule has 2 atom stereocenters. The van der Waals surface area contributed by atoms with E-state index < -0.39 is 11.6 Å². The highest BCUT2D eigenvalue weighted by atomic mass is 79.9. The number of nitrogens with one attached hydrogen (secondary N) is 2. The van der Waals surface area contributed by atoms with E-state index in [1.165, 1.54) is 0 Å². The summed E-state index contributed by atoms with van der Waals surface area (Å²) in [5.41, 5.74) is 6.72. The predicted molar refractivity (Wildman–Crippen MR) is 162 cm³/mol. The predicted octanol–water partition coefficient (Wildman–Crippen LogP) is 6.29. The quantitative estimate of drug-likeness (QED) is 0.159. The summed E-state index contributed by atoms with van der Waals surface area (Å²) in [4.78, 5) is 19.1. The number of halogens is 3. The maximum absolute atomic E-state index is 14.1. The van der Waals surface area contributed by atoms with E-state index in [1.807, 2.05) is 48.5 Å². The van der Waals surface area contributed by atoms with Crippen molar-refractivity contribution in [2.24, 2.45) is 10.9 Å². The monoisotopic (exact) mass is 647 g/mol. The third kappa shape index (κ3) is 7.36. The SMILES string of the molecule is CC(C)CNNC(=O)[C@@]1(Cc2ccc(Br)cc2)N=C(c2ccc(OCCCO)cc2)O[C@H]1c1ccc(Cl)cc1Cl. The molecule has 3 N–H and O–H groups in total. The van der Waals surface area contributed by atoms with Gasteiger partial charge in [0, 0.05) is 51.6 Å². The fraction of sp³-hybridized carbons (Fsp3) is 0.333. The molecule has 1 amide bonds. The van der Waals surface area contributed by atoms with Crippen molar-refractivity contribution in [3.63, 3.8) is 0 Å². The molecule has 4 rings (SSSR count). The smallest absolute Gasteiger partial charge is 0.266 e. The summed E-state index contributed by atoms with van der Waals surface area (Å²) in [6.07, 6.45) is -0.0397. The first-order valence-electron chi connectivity index (χ1n) is 13.0. The summed E-state index contributed by atoms with van der Waals surface area (Å²) < 4.78 is 13.1. The molecule has 0 fully saturated rings. The van der Waals surface area contributed by atoms with Gasteiger partial charge in [-0.05, 0) is 60.0 Å². The molecular formula is C30H32BrCl2N3O4. The summed E-state index contributed by atoms with van der Waals surface area (Å²) in [5, 5.41) is 9.87. The van der Waals surface area contributed by atoms with Crippen molar-refractivity contribution in [3.8, 4) is 5.75 Å². The van der Waals surface area contributed by atoms with Crippen LogP contribution in [-0.2, 0) is 16.0 Å². The summed E-state index contributed by atoms with van der Waals surface area (Å²) in [6.45, 7) is 5.16. The van der Waals surface area contributed by atoms with Crippen molar-refractivity contribution in [2.45, 2.75) is 38.3 Å². The van der Waals surface area contributed by atoms with Crippen molar-refractivity contribution in [3.05, 3.63) is 97.9 Å². The Labute approximate surface area is 253 Å². The lowest BCUT2D eigenvalue weighted by atomic mass is 9.82. The second-order valence-electron chi connectivity index (χ2n) is 9.99. The number of hydrazine groups is 1. The van der Waals surface area contributed by atoms with Gasteiger partial charge in [-0.3, -0.25) is 10.2 Å². The van der Waals surface area contributed by atoms with Gasteiger partial charge >= 0.3 is 0 Å². The van der Waals surface area contributed by atoms with Crippen LogP contribution < -0.4 is 15.6 Å². The first-order chi connectivity index (χ1) is 19.2. The number of benzene rings is 3. The molecule has 40 heavy (non-hydrogen) atoms. The molecule has 1 heterocycles. The van der Waals surface area contributed by atoms with Gasteiger partial charge in [-0.1, -0.05) is 71.2 Å². The summed E-state index contributed by atoms with van der Waals surface area (Å²) >= 11 is 16.4. The molecular weight excluding hydrogens is 617 g/mol. The Balaban J connectivity index is 1.78. The zero-order valence-corrected chi connectivity index (χ0v) is 25.4. The third-order valence-corrected chi connectivity index (χ3v) is 7.47. The van der Waals surface area contributed by atoms with Crippen LogP contribution in [0.3, 0.4) is 0 Å². The number of hydrogen-bond acceptors (Lipinski definition) is 6. The lowest BCUT2D eigenvalue weighted by Gasteiger charge is -2.31. The average molecular weight is 649 g/mol. The Morgan fingerprint density at radius 1 is 1.12 bits per heavy atom. The molecule has 3 aromatic rings. The second kappa shape index (κ2) is 13.8. The van der Waals surface area contributed by atoms with Crippen molar-refractivity contribution in [1.82, 2.24) is 10.9 Å². The van der Waals surface area contributed by atoms with Crippen LogP contribution in [0.25, 0.3) is 0 Å². The van der Waals surface area contributed by atoms with Crippen molar-refractivity contribution < 1.29 is 19.4 Å². The molecule has 0 bridgehead atoms. The Kier molecular flexibility index (Phi) is 10.5. The molecule has 0 saturated heterocycles. The summed E-state index contributed by atoms with van der Waals surface area (Å²) in [5.74, 6) is 0.950. The Morgan fingerprint density at radius 2 is 1.85 bits per heavy atom. The minimum absolute atomic E-state index is 0.0614. The highest BCUT2D eigenvalue weighted by Gasteiger charge is 2.54. The molecule has 0 saturated carbocycles. The molecule has 212 valence electrons. The Hall–Kier alpha value is -2.62. The van der Waals surface area contributed by atoms with Gasteiger partial charge in [-0.25, -0.2) is 10.4 Å². The van der Waals surface area contributed by atoms with E-state index >= 15 is 0 Å². The topological polar surface area (TPSA) is 92.2 Å². The maximum atomic E-state index is 14.1. The number of carbonyl (C=O) groups is 1. The number of aliphatic hydroxyl groups excluding tert-OH is 1. The molecule has 10 heteroatoms. The minimum atomic E-state index is -1.39. The Bertz CT molecular complexity index is 1340. The van der Waals surface area contributed by atoms with Crippen LogP contribution in [0.4, 0.5) is 0 Å². The Morgan fingerprint density at radius 3 is 2.50 bits per heavy atom. The van der Waals surface area contributed by atoms with Gasteiger partial charge in [0.1, 0.15) is 5.75 Å². The van der Waals surface area contributed by atoms with E-state index in [-0.39, 0.29) is 18.9 Å². The van der Waals surface area contributed by atoms with Gasteiger partial charge in [-0.2, -0.15) is 0 Å². The zero-order chi connectivity index (χ0) is 28.7. The minimum Gasteiger partial charge on any atom is -0.494 e. The lowest BCUT2D eigenvalue weighted by molar-refractivity contribution is -0.130. The van der Waals surface area contributed by atoms with Gasteiger partial charge in [-0.15, -0.1) is 0 Å². The number of hydrogen-bond donors (Lipinski definition) is 3. The average Bonchev–Trinajstić information content (AvgIpc) is 3.30. The van der Waals surface area contributed by atoms with Gasteiger partial charge in [0.2, 0.25) is 5.90 Å². The number of carbonyl (C=O) groups excluding carboxylic acids is 1. The number of aliphatic imine (C=N–C) groups is 1. The summed E-state index contributed by atoms with van der Waals surface area (Å²) in [7, 11) is 0. The number of rotatable bonds is 12. The number of amides is 1. The molecule has 3 aromatic carbocycles. The standard InChI is InChI=1S/C30H32BrCl2N3O4/c1-19(2)18-34-36-29(38)30(17-20-4-8-22(31)9-5-20)27(25-13-10-23(32)16-26(25)33)40-28(35-30)21-6-11-24(12-7-21)39-15-3-14-37/h4-13,16,19,27,34,37H,3,14-15,17-18H2,1-2H3,(H,36,38)/t27-,30-/m0/s1. The molecule has 7 nitrogen and oxygen atoms in total. The van der Waals surface area contributed by atoms with Gasteiger partial charge in [0.25, 0.3) is 5.91 Å². The first kappa shape index (κ1) is 30.3. The molecule has 1 aliphatic heterocycles. The van der Waals surface area contributed by atoms with Crippen molar-refractivity contribution in [1.29, 1.82) is 0 Å². The molecule has 0 spiro atoms. The first-order valence-corrected chi connectivity index (χ1v) is 14.6. The fourth-order valence-corrected chi connectivity index (χ4v) is 5.10. The molecule has 0 aliphatic carbocycles. The highest BCUT2D eigenvalue weighted by molar-refractivity contribution is 9.10. The van der Waals surface area contributed by atoms with E-state index in [9.17, 15) is 4.79 Å². The van der Waals surface area contributed by atoms with Crippen LogP contribution in [0, 0.1) is 5.92 Å². The molecule has 0 unspecified atom stereocenters. The number of ether oxygens (including phenoxy) is 2. The van der Waals surface area contributed by atoms with Gasteiger partial charge in [0.05, 0.1) is 6.61 Å². The van der Waals surface area contributed by atoms with Crippen LogP contribution >= 0.6 is 39.1 Å². The highest BCUT2D eigenvalue weighted by Crippen LogP contribution is 2.45. The third-order valence-electron chi connectivity index (χ3n) is 6.37. The van der Waals surface area contributed by atoms with E-state index in [1.54, 1.807) is 18.2 Å². The van der Waals surface area contributed by atoms with Crippen LogP contribution in [0.15, 0.2) is 76.2 Å². The van der Waals surface area contributed by atoms with Crippen molar-refractivity contribution >= 4 is 50.9 Å². The van der Waals surface area contributed by atoms with E-state index in [2.05, 4.69) is 40.6 Å². The number of nitrogens with zero attached hydrogens (tertiary/aromatic N) is 1. The van der Waals surface area contributed by atoms with Crippen molar-refractivity contribution in [2.75, 3.05) is 19.8 Å². The van der Waals surface area contributed by atoms with Crippen LogP contribution in [0.2, 0.25) is 10.0 Å². The molecule has 0 radical (unpaired) electrons. The van der Waals surface area contributed by atoms with E-state index in [0.29, 0.717) is 58.3 Å². The number of aliphatic hydroxyl groups is 1. The van der Waals surface area contributed by atoms with Crippen LogP contribution in [-0.4, -0.2) is 42.2 Å².